The van der Waals surface area contributed by atoms with Crippen molar-refractivity contribution in [3.05, 3.63) is 42.0 Å². The molecule has 0 amide bonds. The van der Waals surface area contributed by atoms with Crippen LogP contribution in [0.1, 0.15) is 12.0 Å². The van der Waals surface area contributed by atoms with Gasteiger partial charge in [0.05, 0.1) is 26.9 Å². The molecular weight excluding hydrogens is 612 g/mol. The molecule has 15 heteroatoms. The molecule has 0 unspecified atom stereocenters. The average molecular weight is 651 g/mol. The number of benzene rings is 2. The summed E-state index contributed by atoms with van der Waals surface area (Å²) in [6, 6.07) is 11.3. The van der Waals surface area contributed by atoms with Crippen molar-refractivity contribution in [2.24, 2.45) is 0 Å². The minimum Gasteiger partial charge on any atom is -0.493 e. The minimum absolute atomic E-state index is 0.124. The van der Waals surface area contributed by atoms with Gasteiger partial charge in [-0.15, -0.1) is 0 Å². The van der Waals surface area contributed by atoms with E-state index in [0.717, 1.165) is 16.5 Å². The first-order valence-electron chi connectivity index (χ1n) is 14.9. The number of furan rings is 1. The lowest BCUT2D eigenvalue weighted by Gasteiger charge is -2.42. The second-order valence-corrected chi connectivity index (χ2v) is 11.4. The van der Waals surface area contributed by atoms with Gasteiger partial charge < -0.3 is 73.3 Å². The fourth-order valence-electron chi connectivity index (χ4n) is 5.73. The Morgan fingerprint density at radius 3 is 2.20 bits per heavy atom. The Kier molecular flexibility index (Phi) is 9.98. The van der Waals surface area contributed by atoms with Crippen LogP contribution in [0.5, 0.6) is 17.2 Å². The number of aliphatic hydroxyl groups is 7. The van der Waals surface area contributed by atoms with Gasteiger partial charge in [0.2, 0.25) is 6.79 Å². The Labute approximate surface area is 263 Å². The summed E-state index contributed by atoms with van der Waals surface area (Å²) in [7, 11) is 1.56. The molecule has 0 radical (unpaired) electrons. The van der Waals surface area contributed by atoms with Crippen LogP contribution in [0.2, 0.25) is 0 Å². The summed E-state index contributed by atoms with van der Waals surface area (Å²) in [4.78, 5) is 0. The molecule has 4 heterocycles. The highest BCUT2D eigenvalue weighted by Crippen LogP contribution is 2.39. The number of methoxy groups -OCH3 is 1. The van der Waals surface area contributed by atoms with E-state index in [1.807, 2.05) is 36.4 Å². The largest absolute Gasteiger partial charge is 0.493 e. The van der Waals surface area contributed by atoms with Gasteiger partial charge in [0.25, 0.3) is 0 Å². The molecule has 0 aliphatic carbocycles. The van der Waals surface area contributed by atoms with Crippen molar-refractivity contribution in [2.75, 3.05) is 33.7 Å². The monoisotopic (exact) mass is 650 g/mol. The first-order valence-corrected chi connectivity index (χ1v) is 14.9. The molecule has 2 saturated heterocycles. The van der Waals surface area contributed by atoms with Crippen molar-refractivity contribution in [2.45, 2.75) is 74.3 Å². The SMILES string of the molecule is COc1cc(CCCO[C@@H]2O[C@H](CO[C@@H]3O[C@H](CO)[C@H](O)[C@H](O)[C@H]3O)[C@H](O)[C@H](O)[C@H]2O)cc2cc(-c3ccc4c(c3)OCO4)oc12. The zero-order chi connectivity index (χ0) is 32.5. The van der Waals surface area contributed by atoms with E-state index in [1.165, 1.54) is 0 Å². The molecular formula is C31H38O15. The molecule has 3 aliphatic rings. The summed E-state index contributed by atoms with van der Waals surface area (Å²) < 4.78 is 44.7. The van der Waals surface area contributed by atoms with Gasteiger partial charge in [-0.25, -0.2) is 0 Å². The lowest BCUT2D eigenvalue weighted by Crippen LogP contribution is -2.61. The van der Waals surface area contributed by atoms with Crippen LogP contribution in [0.3, 0.4) is 0 Å². The van der Waals surface area contributed by atoms with Crippen LogP contribution >= 0.6 is 0 Å². The predicted molar refractivity (Wildman–Crippen MR) is 155 cm³/mol. The van der Waals surface area contributed by atoms with E-state index in [1.54, 1.807) is 7.11 Å². The number of aryl methyl sites for hydroxylation is 1. The summed E-state index contributed by atoms with van der Waals surface area (Å²) in [5.74, 6) is 2.52. The van der Waals surface area contributed by atoms with E-state index in [9.17, 15) is 35.7 Å². The van der Waals surface area contributed by atoms with Gasteiger partial charge in [0.1, 0.15) is 54.6 Å². The fraction of sp³-hybridized carbons (Fsp3) is 0.548. The van der Waals surface area contributed by atoms with Crippen molar-refractivity contribution in [1.29, 1.82) is 0 Å². The van der Waals surface area contributed by atoms with Crippen molar-refractivity contribution in [3.8, 4) is 28.6 Å². The van der Waals surface area contributed by atoms with E-state index in [4.69, 9.17) is 37.6 Å². The third-order valence-electron chi connectivity index (χ3n) is 8.35. The molecule has 2 fully saturated rings. The maximum absolute atomic E-state index is 10.5. The molecule has 1 aromatic heterocycles. The molecule has 15 nitrogen and oxygen atoms in total. The average Bonchev–Trinajstić information content (AvgIpc) is 3.72. The topological polar surface area (TPSA) is 219 Å². The first-order chi connectivity index (χ1) is 22.2. The number of rotatable bonds is 11. The highest BCUT2D eigenvalue weighted by molar-refractivity contribution is 5.88. The summed E-state index contributed by atoms with van der Waals surface area (Å²) in [5, 5.41) is 71.7. The molecule has 2 aromatic carbocycles. The number of hydrogen-bond donors (Lipinski definition) is 7. The summed E-state index contributed by atoms with van der Waals surface area (Å²) >= 11 is 0. The molecule has 7 N–H and O–H groups in total. The van der Waals surface area contributed by atoms with Crippen LogP contribution in [0.15, 0.2) is 40.8 Å². The maximum atomic E-state index is 10.5. The smallest absolute Gasteiger partial charge is 0.231 e. The molecule has 46 heavy (non-hydrogen) atoms. The van der Waals surface area contributed by atoms with E-state index >= 15 is 0 Å². The van der Waals surface area contributed by atoms with Gasteiger partial charge in [-0.3, -0.25) is 0 Å². The third kappa shape index (κ3) is 6.54. The zero-order valence-electron chi connectivity index (χ0n) is 24.9. The molecule has 3 aromatic rings. The Balaban J connectivity index is 1.05. The lowest BCUT2D eigenvalue weighted by atomic mass is 9.98. The van der Waals surface area contributed by atoms with Crippen LogP contribution in [-0.2, 0) is 25.4 Å². The molecule has 0 spiro atoms. The maximum Gasteiger partial charge on any atom is 0.231 e. The Bertz CT molecular complexity index is 1480. The highest BCUT2D eigenvalue weighted by atomic mass is 16.7. The first kappa shape index (κ1) is 32.9. The standard InChI is InChI=1S/C31H38O15/c1-39-20-8-14(7-16-10-18(44-29(16)20)15-4-5-17-19(9-15)43-13-42-17)3-2-6-40-30-27(37)26(36)24(34)22(46-30)12-41-31-28(38)25(35)23(33)21(11-32)45-31/h4-5,7-10,21-28,30-38H,2-3,6,11-13H2,1H3/t21-,22-,23+,24+,25+,26+,27-,28-,30-,31-/m1/s1. The Morgan fingerprint density at radius 2 is 1.46 bits per heavy atom. The van der Waals surface area contributed by atoms with E-state index in [2.05, 4.69) is 0 Å². The lowest BCUT2D eigenvalue weighted by molar-refractivity contribution is -0.331. The van der Waals surface area contributed by atoms with Gasteiger partial charge in [0.15, 0.2) is 35.4 Å². The minimum atomic E-state index is -1.66. The van der Waals surface area contributed by atoms with Crippen molar-refractivity contribution >= 4 is 11.0 Å². The van der Waals surface area contributed by atoms with Crippen LogP contribution in [0.4, 0.5) is 0 Å². The van der Waals surface area contributed by atoms with Crippen LogP contribution in [0, 0.1) is 0 Å². The number of hydrogen-bond acceptors (Lipinski definition) is 15. The van der Waals surface area contributed by atoms with E-state index in [-0.39, 0.29) is 13.4 Å². The Morgan fingerprint density at radius 1 is 0.761 bits per heavy atom. The van der Waals surface area contributed by atoms with Crippen LogP contribution in [-0.4, -0.2) is 131 Å². The molecule has 0 bridgehead atoms. The van der Waals surface area contributed by atoms with Crippen molar-refractivity contribution in [3.63, 3.8) is 0 Å². The van der Waals surface area contributed by atoms with Crippen molar-refractivity contribution in [1.82, 2.24) is 0 Å². The summed E-state index contributed by atoms with van der Waals surface area (Å²) in [6.07, 6.45) is -13.7. The number of ether oxygens (including phenoxy) is 7. The van der Waals surface area contributed by atoms with Gasteiger partial charge in [-0.2, -0.15) is 0 Å². The van der Waals surface area contributed by atoms with Gasteiger partial charge >= 0.3 is 0 Å². The van der Waals surface area contributed by atoms with Crippen molar-refractivity contribution < 1.29 is 73.3 Å². The second kappa shape index (κ2) is 14.0. The quantitative estimate of drug-likeness (QED) is 0.129. The van der Waals surface area contributed by atoms with Gasteiger partial charge in [0, 0.05) is 10.9 Å². The van der Waals surface area contributed by atoms with E-state index in [0.29, 0.717) is 41.4 Å². The molecule has 10 atom stereocenters. The third-order valence-corrected chi connectivity index (χ3v) is 8.35. The Hall–Kier alpha value is -3.06. The normalized spacial score (nSPS) is 32.6. The molecule has 252 valence electrons. The number of fused-ring (bicyclic) bond motifs is 2. The van der Waals surface area contributed by atoms with Gasteiger partial charge in [-0.1, -0.05) is 0 Å². The predicted octanol–water partition coefficient (Wildman–Crippen LogP) is -0.590. The molecule has 3 aliphatic heterocycles. The summed E-state index contributed by atoms with van der Waals surface area (Å²) in [6.45, 7) is -0.779. The van der Waals surface area contributed by atoms with Gasteiger partial charge in [-0.05, 0) is 54.8 Å². The number of aliphatic hydroxyl groups excluding tert-OH is 7. The zero-order valence-corrected chi connectivity index (χ0v) is 24.9. The molecule has 0 saturated carbocycles. The second-order valence-electron chi connectivity index (χ2n) is 11.4. The summed E-state index contributed by atoms with van der Waals surface area (Å²) in [5.41, 5.74) is 2.36. The van der Waals surface area contributed by atoms with E-state index < -0.39 is 74.6 Å². The van der Waals surface area contributed by atoms with Crippen LogP contribution < -0.4 is 14.2 Å². The molecule has 6 rings (SSSR count). The van der Waals surface area contributed by atoms with Crippen LogP contribution in [0.25, 0.3) is 22.3 Å². The highest BCUT2D eigenvalue weighted by Gasteiger charge is 2.47. The fourth-order valence-corrected chi connectivity index (χ4v) is 5.73.